The first-order chi connectivity index (χ1) is 7.06. The van der Waals surface area contributed by atoms with Gasteiger partial charge < -0.3 is 4.74 Å². The van der Waals surface area contributed by atoms with E-state index >= 15 is 0 Å². The number of nitrogens with zero attached hydrogens (tertiary/aromatic N) is 1. The number of nitriles is 1. The maximum Gasteiger partial charge on any atom is 0.340 e. The second-order valence-corrected chi connectivity index (χ2v) is 3.67. The van der Waals surface area contributed by atoms with Gasteiger partial charge in [-0.1, -0.05) is 6.07 Å². The van der Waals surface area contributed by atoms with Crippen LogP contribution >= 0.6 is 0 Å². The molecule has 0 bridgehead atoms. The van der Waals surface area contributed by atoms with E-state index in [9.17, 15) is 9.18 Å². The third kappa shape index (κ3) is 1.46. The van der Waals surface area contributed by atoms with Gasteiger partial charge in [0.05, 0.1) is 5.56 Å². The summed E-state index contributed by atoms with van der Waals surface area (Å²) >= 11 is 0. The molecule has 0 saturated heterocycles. The molecule has 0 N–H and O–H groups in total. The van der Waals surface area contributed by atoms with Gasteiger partial charge in [-0.15, -0.1) is 0 Å². The summed E-state index contributed by atoms with van der Waals surface area (Å²) in [7, 11) is 0. The maximum atomic E-state index is 13.4. The van der Waals surface area contributed by atoms with E-state index in [0.717, 1.165) is 0 Å². The molecule has 0 saturated carbocycles. The lowest BCUT2D eigenvalue weighted by molar-refractivity contribution is 0.00796. The highest BCUT2D eigenvalue weighted by atomic mass is 19.1. The Balaban J connectivity index is 2.57. The van der Waals surface area contributed by atoms with Crippen molar-refractivity contribution in [2.45, 2.75) is 18.9 Å². The highest BCUT2D eigenvalue weighted by Crippen LogP contribution is 2.29. The summed E-state index contributed by atoms with van der Waals surface area (Å²) in [5.74, 6) is -1.11. The number of fused-ring (bicyclic) bond motifs is 1. The number of benzene rings is 1. The van der Waals surface area contributed by atoms with Crippen LogP contribution in [0, 0.1) is 17.1 Å². The molecule has 1 aliphatic rings. The van der Waals surface area contributed by atoms with Gasteiger partial charge >= 0.3 is 5.97 Å². The Bertz CT molecular complexity index is 478. The van der Waals surface area contributed by atoms with Crippen molar-refractivity contribution >= 4 is 5.97 Å². The molecule has 76 valence electrons. The Morgan fingerprint density at radius 3 is 3.00 bits per heavy atom. The highest BCUT2D eigenvalue weighted by molar-refractivity contribution is 5.92. The van der Waals surface area contributed by atoms with Gasteiger partial charge in [-0.05, 0) is 19.1 Å². The quantitative estimate of drug-likeness (QED) is 0.607. The number of halogens is 1. The average molecular weight is 205 g/mol. The molecule has 1 atom stereocenters. The monoisotopic (exact) mass is 205 g/mol. The normalized spacial score (nSPS) is 23.9. The van der Waals surface area contributed by atoms with Crippen molar-refractivity contribution in [2.24, 2.45) is 0 Å². The van der Waals surface area contributed by atoms with E-state index in [-0.39, 0.29) is 17.5 Å². The fourth-order valence-electron chi connectivity index (χ4n) is 1.62. The van der Waals surface area contributed by atoms with Crippen molar-refractivity contribution in [3.8, 4) is 6.07 Å². The minimum atomic E-state index is -1.26. The van der Waals surface area contributed by atoms with Crippen molar-refractivity contribution in [1.82, 2.24) is 0 Å². The van der Waals surface area contributed by atoms with Crippen molar-refractivity contribution in [3.05, 3.63) is 35.1 Å². The summed E-state index contributed by atoms with van der Waals surface area (Å²) in [5, 5.41) is 8.83. The molecule has 0 aliphatic carbocycles. The molecule has 0 aromatic heterocycles. The zero-order valence-corrected chi connectivity index (χ0v) is 8.08. The predicted molar refractivity (Wildman–Crippen MR) is 49.5 cm³/mol. The lowest BCUT2D eigenvalue weighted by Gasteiger charge is -2.28. The Morgan fingerprint density at radius 2 is 2.33 bits per heavy atom. The van der Waals surface area contributed by atoms with Gasteiger partial charge in [-0.3, -0.25) is 0 Å². The Hall–Kier alpha value is -1.89. The van der Waals surface area contributed by atoms with E-state index < -0.39 is 17.4 Å². The molecule has 2 rings (SSSR count). The van der Waals surface area contributed by atoms with Crippen LogP contribution in [0.4, 0.5) is 4.39 Å². The topological polar surface area (TPSA) is 50.1 Å². The Kier molecular flexibility index (Phi) is 1.97. The van der Waals surface area contributed by atoms with Gasteiger partial charge in [-0.2, -0.15) is 5.26 Å². The number of rotatable bonds is 0. The maximum absolute atomic E-state index is 13.4. The number of ether oxygens (including phenoxy) is 1. The molecule has 1 unspecified atom stereocenters. The molecule has 0 radical (unpaired) electrons. The number of cyclic esters (lactones) is 1. The molecule has 1 aromatic rings. The summed E-state index contributed by atoms with van der Waals surface area (Å²) < 4.78 is 18.3. The van der Waals surface area contributed by atoms with Crippen LogP contribution in [-0.4, -0.2) is 11.6 Å². The zero-order valence-electron chi connectivity index (χ0n) is 8.08. The molecule has 4 heteroatoms. The van der Waals surface area contributed by atoms with E-state index in [0.29, 0.717) is 0 Å². The Morgan fingerprint density at radius 1 is 1.60 bits per heavy atom. The van der Waals surface area contributed by atoms with Crippen LogP contribution in [0.2, 0.25) is 0 Å². The lowest BCUT2D eigenvalue weighted by Crippen LogP contribution is -2.38. The fraction of sp³-hybridized carbons (Fsp3) is 0.273. The molecule has 0 fully saturated rings. The minimum absolute atomic E-state index is 0.0945. The molecule has 3 nitrogen and oxygen atoms in total. The molecular formula is C11H8FNO2. The van der Waals surface area contributed by atoms with Crippen molar-refractivity contribution in [1.29, 1.82) is 5.26 Å². The van der Waals surface area contributed by atoms with Crippen molar-refractivity contribution in [3.63, 3.8) is 0 Å². The molecule has 1 aromatic carbocycles. The van der Waals surface area contributed by atoms with E-state index in [1.165, 1.54) is 25.1 Å². The number of hydrogen-bond acceptors (Lipinski definition) is 3. The summed E-state index contributed by atoms with van der Waals surface area (Å²) in [6.45, 7) is 1.47. The van der Waals surface area contributed by atoms with Gasteiger partial charge in [0.25, 0.3) is 0 Å². The first-order valence-electron chi connectivity index (χ1n) is 4.48. The fourth-order valence-corrected chi connectivity index (χ4v) is 1.62. The largest absolute Gasteiger partial charge is 0.440 e. The summed E-state index contributed by atoms with van der Waals surface area (Å²) in [6.07, 6.45) is 0.0945. The van der Waals surface area contributed by atoms with E-state index in [1.807, 2.05) is 6.07 Å². The standard InChI is InChI=1S/C11H8FNO2/c1-11(6-13)5-8-7(10(14)15-11)3-2-4-9(8)12/h2-4H,5H2,1H3. The van der Waals surface area contributed by atoms with Gasteiger partial charge in [0.15, 0.2) is 5.60 Å². The lowest BCUT2D eigenvalue weighted by atomic mass is 9.91. The van der Waals surface area contributed by atoms with E-state index in [4.69, 9.17) is 10.00 Å². The average Bonchev–Trinajstić information content (AvgIpc) is 2.20. The third-order valence-corrected chi connectivity index (χ3v) is 2.41. The van der Waals surface area contributed by atoms with Gasteiger partial charge in [-0.25, -0.2) is 9.18 Å². The molecule has 0 amide bonds. The number of carbonyl (C=O) groups is 1. The first kappa shape index (κ1) is 9.66. The molecule has 15 heavy (non-hydrogen) atoms. The van der Waals surface area contributed by atoms with Crippen LogP contribution in [0.1, 0.15) is 22.8 Å². The number of carbonyl (C=O) groups excluding carboxylic acids is 1. The molecular weight excluding hydrogens is 197 g/mol. The van der Waals surface area contributed by atoms with Crippen LogP contribution in [-0.2, 0) is 11.2 Å². The number of hydrogen-bond donors (Lipinski definition) is 0. The summed E-state index contributed by atoms with van der Waals surface area (Å²) in [6, 6.07) is 6.09. The molecule has 0 spiro atoms. The van der Waals surface area contributed by atoms with E-state index in [2.05, 4.69) is 0 Å². The van der Waals surface area contributed by atoms with Crippen molar-refractivity contribution in [2.75, 3.05) is 0 Å². The van der Waals surface area contributed by atoms with Crippen LogP contribution < -0.4 is 0 Å². The molecule has 1 heterocycles. The minimum Gasteiger partial charge on any atom is -0.440 e. The van der Waals surface area contributed by atoms with Crippen LogP contribution in [0.5, 0.6) is 0 Å². The van der Waals surface area contributed by atoms with Gasteiger partial charge in [0.1, 0.15) is 11.9 Å². The van der Waals surface area contributed by atoms with Crippen LogP contribution in [0.3, 0.4) is 0 Å². The summed E-state index contributed by atoms with van der Waals surface area (Å²) in [4.78, 5) is 11.5. The van der Waals surface area contributed by atoms with Crippen molar-refractivity contribution < 1.29 is 13.9 Å². The second kappa shape index (κ2) is 3.06. The molecule has 1 aliphatic heterocycles. The van der Waals surface area contributed by atoms with Gasteiger partial charge in [0.2, 0.25) is 0 Å². The summed E-state index contributed by atoms with van der Waals surface area (Å²) in [5.41, 5.74) is -0.785. The smallest absolute Gasteiger partial charge is 0.340 e. The van der Waals surface area contributed by atoms with Gasteiger partial charge in [0, 0.05) is 12.0 Å². The number of esters is 1. The van der Waals surface area contributed by atoms with Crippen LogP contribution in [0.25, 0.3) is 0 Å². The highest BCUT2D eigenvalue weighted by Gasteiger charge is 2.37. The van der Waals surface area contributed by atoms with E-state index in [1.54, 1.807) is 0 Å². The first-order valence-corrected chi connectivity index (χ1v) is 4.48. The predicted octanol–water partition coefficient (Wildman–Crippen LogP) is 1.82. The van der Waals surface area contributed by atoms with Crippen LogP contribution in [0.15, 0.2) is 18.2 Å². The second-order valence-electron chi connectivity index (χ2n) is 3.67. The zero-order chi connectivity index (χ0) is 11.1. The SMILES string of the molecule is CC1(C#N)Cc2c(F)cccc2C(=O)O1. The third-order valence-electron chi connectivity index (χ3n) is 2.41. The Labute approximate surface area is 86.1 Å².